The van der Waals surface area contributed by atoms with Crippen LogP contribution in [0.15, 0.2) is 24.3 Å². The summed E-state index contributed by atoms with van der Waals surface area (Å²) >= 11 is 0. The number of carbonyl (C=O) groups is 1. The third-order valence-corrected chi connectivity index (χ3v) is 3.81. The molecule has 1 aliphatic rings. The zero-order valence-electron chi connectivity index (χ0n) is 11.1. The SMILES string of the molecule is COC(=O)c1c2c(nc3ccccc13)CCCCC2. The van der Waals surface area contributed by atoms with E-state index in [0.29, 0.717) is 0 Å². The van der Waals surface area contributed by atoms with Gasteiger partial charge in [-0.1, -0.05) is 24.6 Å². The monoisotopic (exact) mass is 255 g/mol. The number of para-hydroxylation sites is 1. The van der Waals surface area contributed by atoms with E-state index in [2.05, 4.69) is 0 Å². The number of nitrogens with zero attached hydrogens (tertiary/aromatic N) is 1. The number of hydrogen-bond donors (Lipinski definition) is 0. The van der Waals surface area contributed by atoms with Crippen LogP contribution in [0.4, 0.5) is 0 Å². The van der Waals surface area contributed by atoms with Crippen LogP contribution < -0.4 is 0 Å². The molecule has 3 nitrogen and oxygen atoms in total. The molecule has 0 amide bonds. The summed E-state index contributed by atoms with van der Waals surface area (Å²) in [6.07, 6.45) is 5.37. The fraction of sp³-hybridized carbons (Fsp3) is 0.375. The van der Waals surface area contributed by atoms with Crippen LogP contribution in [-0.2, 0) is 17.6 Å². The van der Waals surface area contributed by atoms with Crippen molar-refractivity contribution >= 4 is 16.9 Å². The van der Waals surface area contributed by atoms with Crippen LogP contribution in [-0.4, -0.2) is 18.1 Å². The van der Waals surface area contributed by atoms with Gasteiger partial charge in [-0.3, -0.25) is 4.98 Å². The Kier molecular flexibility index (Phi) is 3.20. The highest BCUT2D eigenvalue weighted by Gasteiger charge is 2.21. The summed E-state index contributed by atoms with van der Waals surface area (Å²) in [6.45, 7) is 0. The number of methoxy groups -OCH3 is 1. The maximum absolute atomic E-state index is 12.2. The highest BCUT2D eigenvalue weighted by atomic mass is 16.5. The number of aromatic nitrogens is 1. The van der Waals surface area contributed by atoms with Crippen LogP contribution in [0.2, 0.25) is 0 Å². The van der Waals surface area contributed by atoms with Gasteiger partial charge in [0.05, 0.1) is 18.2 Å². The number of esters is 1. The molecular weight excluding hydrogens is 238 g/mol. The van der Waals surface area contributed by atoms with Gasteiger partial charge in [0, 0.05) is 11.1 Å². The Hall–Kier alpha value is -1.90. The Morgan fingerprint density at radius 2 is 1.95 bits per heavy atom. The minimum Gasteiger partial charge on any atom is -0.465 e. The molecule has 19 heavy (non-hydrogen) atoms. The van der Waals surface area contributed by atoms with Gasteiger partial charge in [-0.25, -0.2) is 4.79 Å². The molecule has 0 saturated carbocycles. The first-order valence-corrected chi connectivity index (χ1v) is 6.80. The third kappa shape index (κ3) is 2.09. The summed E-state index contributed by atoms with van der Waals surface area (Å²) < 4.78 is 4.98. The minimum absolute atomic E-state index is 0.239. The van der Waals surface area contributed by atoms with E-state index >= 15 is 0 Å². The van der Waals surface area contributed by atoms with E-state index < -0.39 is 0 Å². The average Bonchev–Trinajstić information content (AvgIpc) is 2.69. The van der Waals surface area contributed by atoms with Gasteiger partial charge in [0.25, 0.3) is 0 Å². The Labute approximate surface area is 112 Å². The van der Waals surface area contributed by atoms with Crippen LogP contribution in [0, 0.1) is 0 Å². The lowest BCUT2D eigenvalue weighted by Gasteiger charge is -2.13. The predicted molar refractivity (Wildman–Crippen MR) is 74.3 cm³/mol. The molecule has 0 bridgehead atoms. The van der Waals surface area contributed by atoms with Crippen molar-refractivity contribution in [3.63, 3.8) is 0 Å². The second-order valence-corrected chi connectivity index (χ2v) is 4.98. The van der Waals surface area contributed by atoms with E-state index in [1.54, 1.807) is 0 Å². The maximum atomic E-state index is 12.2. The van der Waals surface area contributed by atoms with Crippen molar-refractivity contribution in [2.24, 2.45) is 0 Å². The fourth-order valence-electron chi connectivity index (χ4n) is 2.88. The van der Waals surface area contributed by atoms with Crippen molar-refractivity contribution in [1.29, 1.82) is 0 Å². The largest absolute Gasteiger partial charge is 0.465 e. The summed E-state index contributed by atoms with van der Waals surface area (Å²) in [5.41, 5.74) is 3.80. The first-order chi connectivity index (χ1) is 9.31. The second-order valence-electron chi connectivity index (χ2n) is 4.98. The molecule has 1 heterocycles. The van der Waals surface area contributed by atoms with Gasteiger partial charge in [-0.2, -0.15) is 0 Å². The molecule has 0 N–H and O–H groups in total. The number of hydrogen-bond acceptors (Lipinski definition) is 3. The first-order valence-electron chi connectivity index (χ1n) is 6.80. The zero-order chi connectivity index (χ0) is 13.2. The molecule has 1 aliphatic carbocycles. The van der Waals surface area contributed by atoms with E-state index in [4.69, 9.17) is 9.72 Å². The minimum atomic E-state index is -0.239. The molecule has 0 unspecified atom stereocenters. The van der Waals surface area contributed by atoms with E-state index in [1.807, 2.05) is 24.3 Å². The molecular formula is C16H17NO2. The quantitative estimate of drug-likeness (QED) is 0.580. The molecule has 0 aliphatic heterocycles. The van der Waals surface area contributed by atoms with Gasteiger partial charge >= 0.3 is 5.97 Å². The van der Waals surface area contributed by atoms with E-state index in [0.717, 1.165) is 53.4 Å². The van der Waals surface area contributed by atoms with E-state index in [9.17, 15) is 4.79 Å². The van der Waals surface area contributed by atoms with Crippen molar-refractivity contribution in [2.45, 2.75) is 32.1 Å². The third-order valence-electron chi connectivity index (χ3n) is 3.81. The Balaban J connectivity index is 2.33. The molecule has 98 valence electrons. The molecule has 3 heteroatoms. The van der Waals surface area contributed by atoms with Crippen molar-refractivity contribution in [3.05, 3.63) is 41.1 Å². The smallest absolute Gasteiger partial charge is 0.338 e. The summed E-state index contributed by atoms with van der Waals surface area (Å²) in [5.74, 6) is -0.239. The van der Waals surface area contributed by atoms with Gasteiger partial charge in [0.1, 0.15) is 0 Å². The van der Waals surface area contributed by atoms with E-state index in [1.165, 1.54) is 13.5 Å². The summed E-state index contributed by atoms with van der Waals surface area (Å²) in [7, 11) is 1.45. The lowest BCUT2D eigenvalue weighted by Crippen LogP contribution is -2.10. The normalized spacial score (nSPS) is 14.8. The van der Waals surface area contributed by atoms with Crippen LogP contribution >= 0.6 is 0 Å². The van der Waals surface area contributed by atoms with Crippen molar-refractivity contribution < 1.29 is 9.53 Å². The Bertz CT molecular complexity index is 634. The molecule has 1 aromatic carbocycles. The Morgan fingerprint density at radius 1 is 1.16 bits per heavy atom. The number of ether oxygens (including phenoxy) is 1. The first kappa shape index (κ1) is 12.2. The Morgan fingerprint density at radius 3 is 2.79 bits per heavy atom. The molecule has 3 rings (SSSR count). The summed E-state index contributed by atoms with van der Waals surface area (Å²) in [5, 5.41) is 0.912. The number of pyridine rings is 1. The molecule has 0 radical (unpaired) electrons. The standard InChI is InChI=1S/C16H17NO2/c1-19-16(18)15-11-7-3-2-4-9-13(11)17-14-10-6-5-8-12(14)15/h5-6,8,10H,2-4,7,9H2,1H3. The fourth-order valence-corrected chi connectivity index (χ4v) is 2.88. The van der Waals surface area contributed by atoms with Crippen LogP contribution in [0.25, 0.3) is 10.9 Å². The van der Waals surface area contributed by atoms with E-state index in [-0.39, 0.29) is 5.97 Å². The zero-order valence-corrected chi connectivity index (χ0v) is 11.1. The second kappa shape index (κ2) is 5.00. The highest BCUT2D eigenvalue weighted by Crippen LogP contribution is 2.29. The molecule has 1 aromatic heterocycles. The number of carbonyl (C=O) groups excluding carboxylic acids is 1. The topological polar surface area (TPSA) is 39.2 Å². The van der Waals surface area contributed by atoms with Gasteiger partial charge < -0.3 is 4.74 Å². The van der Waals surface area contributed by atoms with Crippen LogP contribution in [0.5, 0.6) is 0 Å². The van der Waals surface area contributed by atoms with Crippen molar-refractivity contribution in [1.82, 2.24) is 4.98 Å². The van der Waals surface area contributed by atoms with Crippen molar-refractivity contribution in [2.75, 3.05) is 7.11 Å². The molecule has 0 spiro atoms. The van der Waals surface area contributed by atoms with Gasteiger partial charge in [-0.05, 0) is 37.3 Å². The number of rotatable bonds is 1. The van der Waals surface area contributed by atoms with Gasteiger partial charge in [-0.15, -0.1) is 0 Å². The number of fused-ring (bicyclic) bond motifs is 2. The average molecular weight is 255 g/mol. The van der Waals surface area contributed by atoms with Gasteiger partial charge in [0.2, 0.25) is 0 Å². The molecule has 0 atom stereocenters. The number of aryl methyl sites for hydroxylation is 1. The predicted octanol–water partition coefficient (Wildman–Crippen LogP) is 3.29. The van der Waals surface area contributed by atoms with Crippen LogP contribution in [0.1, 0.15) is 40.9 Å². The molecule has 0 fully saturated rings. The van der Waals surface area contributed by atoms with Gasteiger partial charge in [0.15, 0.2) is 0 Å². The van der Waals surface area contributed by atoms with Crippen molar-refractivity contribution in [3.8, 4) is 0 Å². The highest BCUT2D eigenvalue weighted by molar-refractivity contribution is 6.05. The summed E-state index contributed by atoms with van der Waals surface area (Å²) in [6, 6.07) is 7.83. The number of benzene rings is 1. The lowest BCUT2D eigenvalue weighted by molar-refractivity contribution is 0.0601. The summed E-state index contributed by atoms with van der Waals surface area (Å²) in [4.78, 5) is 16.9. The van der Waals surface area contributed by atoms with Crippen LogP contribution in [0.3, 0.4) is 0 Å². The molecule has 0 saturated heterocycles. The lowest BCUT2D eigenvalue weighted by atomic mass is 9.97. The molecule has 2 aromatic rings. The maximum Gasteiger partial charge on any atom is 0.338 e.